The van der Waals surface area contributed by atoms with Gasteiger partial charge in [0.15, 0.2) is 0 Å². The number of benzene rings is 2. The number of unbranched alkanes of at least 4 members (excludes halogenated alkanes) is 1. The molecule has 7 heteroatoms. The Hall–Kier alpha value is -3.76. The molecule has 2 heterocycles. The van der Waals surface area contributed by atoms with E-state index in [0.29, 0.717) is 18.7 Å². The average molecular weight is 413 g/mol. The van der Waals surface area contributed by atoms with E-state index in [-0.39, 0.29) is 11.9 Å². The summed E-state index contributed by atoms with van der Waals surface area (Å²) in [7, 11) is 0. The zero-order chi connectivity index (χ0) is 21.6. The maximum absolute atomic E-state index is 10.1. The number of anilines is 1. The van der Waals surface area contributed by atoms with E-state index < -0.39 is 6.10 Å². The van der Waals surface area contributed by atoms with Gasteiger partial charge < -0.3 is 14.8 Å². The highest BCUT2D eigenvalue weighted by Crippen LogP contribution is 2.29. The monoisotopic (exact) mass is 413 g/mol. The van der Waals surface area contributed by atoms with Gasteiger partial charge in [-0.2, -0.15) is 5.26 Å². The van der Waals surface area contributed by atoms with E-state index in [1.807, 2.05) is 54.6 Å². The fourth-order valence-corrected chi connectivity index (χ4v) is 3.44. The summed E-state index contributed by atoms with van der Waals surface area (Å²) >= 11 is 0. The second-order valence-electron chi connectivity index (χ2n) is 7.34. The third-order valence-corrected chi connectivity index (χ3v) is 5.07. The predicted octanol–water partition coefficient (Wildman–Crippen LogP) is 4.99. The molecule has 0 aliphatic carbocycles. The minimum Gasteiger partial charge on any atom is -0.405 e. The fraction of sp³-hybridized carbons (Fsp3) is 0.250. The van der Waals surface area contributed by atoms with E-state index in [4.69, 9.17) is 4.42 Å². The molecule has 0 saturated heterocycles. The number of fused-ring (bicyclic) bond motifs is 1. The van der Waals surface area contributed by atoms with Crippen LogP contribution in [0.4, 0.5) is 6.01 Å². The summed E-state index contributed by atoms with van der Waals surface area (Å²) in [6, 6.07) is 20.1. The van der Waals surface area contributed by atoms with Gasteiger partial charge in [-0.15, -0.1) is 5.10 Å². The van der Waals surface area contributed by atoms with Gasteiger partial charge in [0.2, 0.25) is 5.89 Å². The van der Waals surface area contributed by atoms with Crippen molar-refractivity contribution in [2.24, 2.45) is 0 Å². The highest BCUT2D eigenvalue weighted by atomic mass is 16.4. The van der Waals surface area contributed by atoms with E-state index in [9.17, 15) is 10.4 Å². The molecule has 0 aliphatic rings. The van der Waals surface area contributed by atoms with Gasteiger partial charge in [-0.1, -0.05) is 67.3 Å². The van der Waals surface area contributed by atoms with E-state index in [2.05, 4.69) is 33.5 Å². The van der Waals surface area contributed by atoms with Gasteiger partial charge in [0.1, 0.15) is 17.9 Å². The van der Waals surface area contributed by atoms with Crippen molar-refractivity contribution in [3.05, 3.63) is 71.7 Å². The number of nitrogens with one attached hydrogen (secondary N) is 1. The minimum atomic E-state index is -0.742. The normalized spacial score (nSPS) is 11.9. The van der Waals surface area contributed by atoms with Crippen LogP contribution in [0.25, 0.3) is 22.0 Å². The summed E-state index contributed by atoms with van der Waals surface area (Å²) in [5, 5.41) is 31.4. The first-order chi connectivity index (χ1) is 15.2. The predicted molar refractivity (Wildman–Crippen MR) is 118 cm³/mol. The van der Waals surface area contributed by atoms with Crippen molar-refractivity contribution in [3.63, 3.8) is 0 Å². The van der Waals surface area contributed by atoms with Gasteiger partial charge in [-0.25, -0.2) is 4.98 Å². The summed E-state index contributed by atoms with van der Waals surface area (Å²) in [5.41, 5.74) is 4.10. The molecule has 31 heavy (non-hydrogen) atoms. The molecule has 0 bridgehead atoms. The number of hydrogen-bond acceptors (Lipinski definition) is 7. The van der Waals surface area contributed by atoms with Crippen molar-refractivity contribution in [3.8, 4) is 17.2 Å². The van der Waals surface area contributed by atoms with Crippen molar-refractivity contribution in [1.29, 1.82) is 5.26 Å². The zero-order valence-electron chi connectivity index (χ0n) is 17.2. The zero-order valence-corrected chi connectivity index (χ0v) is 17.2. The molecule has 1 unspecified atom stereocenters. The molecule has 1 atom stereocenters. The van der Waals surface area contributed by atoms with E-state index in [1.165, 1.54) is 0 Å². The Labute approximate surface area is 180 Å². The first kappa shape index (κ1) is 20.5. The molecule has 2 aromatic heterocycles. The highest BCUT2D eigenvalue weighted by Gasteiger charge is 2.15. The van der Waals surface area contributed by atoms with Crippen molar-refractivity contribution < 1.29 is 9.52 Å². The number of aliphatic hydroxyl groups excluding tert-OH is 1. The van der Waals surface area contributed by atoms with Crippen molar-refractivity contribution in [2.45, 2.75) is 38.8 Å². The van der Waals surface area contributed by atoms with Gasteiger partial charge in [0.05, 0.1) is 5.52 Å². The van der Waals surface area contributed by atoms with E-state index in [1.54, 1.807) is 0 Å². The summed E-state index contributed by atoms with van der Waals surface area (Å²) in [4.78, 5) is 4.48. The molecule has 7 nitrogen and oxygen atoms in total. The molecule has 0 spiro atoms. The summed E-state index contributed by atoms with van der Waals surface area (Å²) < 4.78 is 5.52. The summed E-state index contributed by atoms with van der Waals surface area (Å²) in [6.45, 7) is 2.51. The Morgan fingerprint density at radius 3 is 2.74 bits per heavy atom. The molecular weight excluding hydrogens is 390 g/mol. The maximum atomic E-state index is 10.1. The van der Waals surface area contributed by atoms with E-state index >= 15 is 0 Å². The standard InChI is InChI=1S/C24H23N5O2/c1-2-3-9-22(30)23-28-29-24(31-23)26-15-16-10-11-19-20(17-7-5-4-6-8-17)13-18(14-25)27-21(19)12-16/h4-8,10-13,22,30H,2-3,9,15H2,1H3,(H,26,29). The highest BCUT2D eigenvalue weighted by molar-refractivity contribution is 5.95. The lowest BCUT2D eigenvalue weighted by atomic mass is 9.99. The summed E-state index contributed by atoms with van der Waals surface area (Å²) in [6.07, 6.45) is 1.74. The Balaban J connectivity index is 1.55. The Morgan fingerprint density at radius 2 is 1.97 bits per heavy atom. The molecule has 156 valence electrons. The number of hydrogen-bond donors (Lipinski definition) is 2. The average Bonchev–Trinajstić information content (AvgIpc) is 3.30. The van der Waals surface area contributed by atoms with Crippen LogP contribution in [-0.4, -0.2) is 20.3 Å². The van der Waals surface area contributed by atoms with Gasteiger partial charge >= 0.3 is 6.01 Å². The number of nitriles is 1. The van der Waals surface area contributed by atoms with Crippen LogP contribution in [0.3, 0.4) is 0 Å². The quantitative estimate of drug-likeness (QED) is 0.419. The topological polar surface area (TPSA) is 108 Å². The first-order valence-corrected chi connectivity index (χ1v) is 10.3. The number of aliphatic hydroxyl groups is 1. The molecule has 0 radical (unpaired) electrons. The molecule has 2 N–H and O–H groups in total. The second-order valence-corrected chi connectivity index (χ2v) is 7.34. The molecule has 2 aromatic carbocycles. The largest absolute Gasteiger partial charge is 0.405 e. The van der Waals surface area contributed by atoms with Crippen LogP contribution in [0.1, 0.15) is 49.4 Å². The number of pyridine rings is 1. The second kappa shape index (κ2) is 9.37. The Bertz CT molecular complexity index is 1210. The molecule has 0 amide bonds. The summed E-state index contributed by atoms with van der Waals surface area (Å²) in [5.74, 6) is 0.224. The maximum Gasteiger partial charge on any atom is 0.315 e. The van der Waals surface area contributed by atoms with Crippen LogP contribution in [0.2, 0.25) is 0 Å². The van der Waals surface area contributed by atoms with Crippen molar-refractivity contribution in [2.75, 3.05) is 5.32 Å². The number of nitrogens with zero attached hydrogens (tertiary/aromatic N) is 4. The van der Waals surface area contributed by atoms with Crippen molar-refractivity contribution in [1.82, 2.24) is 15.2 Å². The Morgan fingerprint density at radius 1 is 1.13 bits per heavy atom. The first-order valence-electron chi connectivity index (χ1n) is 10.3. The lowest BCUT2D eigenvalue weighted by molar-refractivity contribution is 0.132. The van der Waals surface area contributed by atoms with Crippen molar-refractivity contribution >= 4 is 16.9 Å². The molecule has 4 aromatic rings. The molecule has 0 saturated carbocycles. The third kappa shape index (κ3) is 4.71. The SMILES string of the molecule is CCCCC(O)c1nnc(NCc2ccc3c(-c4ccccc4)cc(C#N)nc3c2)o1. The smallest absolute Gasteiger partial charge is 0.315 e. The van der Waals surface area contributed by atoms with Crippen LogP contribution in [0, 0.1) is 11.3 Å². The van der Waals surface area contributed by atoms with Crippen LogP contribution in [-0.2, 0) is 6.54 Å². The Kier molecular flexibility index (Phi) is 6.20. The third-order valence-electron chi connectivity index (χ3n) is 5.07. The van der Waals surface area contributed by atoms with E-state index in [0.717, 1.165) is 40.4 Å². The number of rotatable bonds is 8. The van der Waals surface area contributed by atoms with Gasteiger partial charge in [-0.3, -0.25) is 0 Å². The van der Waals surface area contributed by atoms with Gasteiger partial charge in [0.25, 0.3) is 0 Å². The molecular formula is C24H23N5O2. The lowest BCUT2D eigenvalue weighted by Crippen LogP contribution is -2.00. The fourth-order valence-electron chi connectivity index (χ4n) is 3.44. The lowest BCUT2D eigenvalue weighted by Gasteiger charge is -2.09. The van der Waals surface area contributed by atoms with Crippen LogP contribution in [0.15, 0.2) is 59.0 Å². The molecule has 4 rings (SSSR count). The number of aromatic nitrogens is 3. The van der Waals surface area contributed by atoms with Gasteiger partial charge in [-0.05, 0) is 35.2 Å². The van der Waals surface area contributed by atoms with Crippen LogP contribution in [0.5, 0.6) is 0 Å². The molecule has 0 fully saturated rings. The van der Waals surface area contributed by atoms with Crippen LogP contribution < -0.4 is 5.32 Å². The van der Waals surface area contributed by atoms with Gasteiger partial charge in [0, 0.05) is 11.9 Å². The molecule has 0 aliphatic heterocycles. The minimum absolute atomic E-state index is 0.224. The van der Waals surface area contributed by atoms with Crippen LogP contribution >= 0.6 is 0 Å².